The summed E-state index contributed by atoms with van der Waals surface area (Å²) in [6.07, 6.45) is 1.56. The number of benzene rings is 4. The topological polar surface area (TPSA) is 67.9 Å². The molecule has 0 atom stereocenters. The van der Waals surface area contributed by atoms with E-state index in [0.717, 1.165) is 16.9 Å². The number of carbonyl (C=O) groups is 2. The van der Waals surface area contributed by atoms with E-state index in [1.165, 1.54) is 4.90 Å². The molecule has 6 nitrogen and oxygen atoms in total. The molecule has 1 aliphatic heterocycles. The minimum atomic E-state index is -0.538. The van der Waals surface area contributed by atoms with Crippen molar-refractivity contribution < 1.29 is 19.1 Å². The van der Waals surface area contributed by atoms with Crippen LogP contribution in [0.4, 0.5) is 5.69 Å². The quantitative estimate of drug-likeness (QED) is 0.198. The molecule has 1 aliphatic rings. The summed E-state index contributed by atoms with van der Waals surface area (Å²) in [6, 6.07) is 31.6. The van der Waals surface area contributed by atoms with E-state index >= 15 is 0 Å². The molecular formula is C30H22N2O4S. The minimum Gasteiger partial charge on any atom is -0.496 e. The molecule has 4 aromatic rings. The fourth-order valence-electron chi connectivity index (χ4n) is 3.99. The lowest BCUT2D eigenvalue weighted by molar-refractivity contribution is -0.122. The fourth-order valence-corrected chi connectivity index (χ4v) is 4.27. The van der Waals surface area contributed by atoms with Gasteiger partial charge in [0.15, 0.2) is 5.11 Å². The van der Waals surface area contributed by atoms with Gasteiger partial charge < -0.3 is 9.47 Å². The van der Waals surface area contributed by atoms with Gasteiger partial charge in [0, 0.05) is 5.56 Å². The van der Waals surface area contributed by atoms with Crippen LogP contribution in [0.15, 0.2) is 109 Å². The molecule has 0 radical (unpaired) electrons. The van der Waals surface area contributed by atoms with Crippen LogP contribution in [0.25, 0.3) is 17.2 Å². The van der Waals surface area contributed by atoms with Crippen molar-refractivity contribution in [3.63, 3.8) is 0 Å². The van der Waals surface area contributed by atoms with Gasteiger partial charge in [-0.25, -0.2) is 0 Å². The minimum absolute atomic E-state index is 0.0109. The van der Waals surface area contributed by atoms with Gasteiger partial charge >= 0.3 is 0 Å². The maximum atomic E-state index is 13.4. The van der Waals surface area contributed by atoms with Gasteiger partial charge in [-0.05, 0) is 71.9 Å². The molecule has 0 aromatic heterocycles. The lowest BCUT2D eigenvalue weighted by Gasteiger charge is -2.29. The molecule has 4 aromatic carbocycles. The molecule has 0 saturated carbocycles. The van der Waals surface area contributed by atoms with Crippen molar-refractivity contribution in [2.45, 2.75) is 0 Å². The van der Waals surface area contributed by atoms with E-state index in [9.17, 15) is 9.59 Å². The van der Waals surface area contributed by atoms with Gasteiger partial charge in [-0.15, -0.1) is 0 Å². The number of nitrogens with one attached hydrogen (secondary N) is 1. The lowest BCUT2D eigenvalue weighted by atomic mass is 10.0. The Morgan fingerprint density at radius 2 is 1.43 bits per heavy atom. The van der Waals surface area contributed by atoms with E-state index < -0.39 is 11.8 Å². The highest BCUT2D eigenvalue weighted by atomic mass is 32.1. The second kappa shape index (κ2) is 10.5. The van der Waals surface area contributed by atoms with Crippen LogP contribution in [0.3, 0.4) is 0 Å². The van der Waals surface area contributed by atoms with Crippen LogP contribution in [-0.4, -0.2) is 24.0 Å². The number of nitrogens with zero attached hydrogens (tertiary/aromatic N) is 1. The SMILES string of the molecule is COc1ccccc1-c1ccc(C=C2C(=O)NC(=S)N(c3ccc(Oc4ccccc4)cc3)C2=O)cc1. The van der Waals surface area contributed by atoms with Gasteiger partial charge in [0.2, 0.25) is 0 Å². The number of ether oxygens (including phenoxy) is 2. The zero-order chi connectivity index (χ0) is 25.8. The van der Waals surface area contributed by atoms with Gasteiger partial charge in [0.1, 0.15) is 22.8 Å². The van der Waals surface area contributed by atoms with E-state index in [1.807, 2.05) is 78.9 Å². The molecule has 1 saturated heterocycles. The molecule has 0 aliphatic carbocycles. The van der Waals surface area contributed by atoms with Crippen LogP contribution in [-0.2, 0) is 9.59 Å². The van der Waals surface area contributed by atoms with Gasteiger partial charge in [0.25, 0.3) is 11.8 Å². The Morgan fingerprint density at radius 3 is 2.14 bits per heavy atom. The first-order chi connectivity index (χ1) is 18.0. The van der Waals surface area contributed by atoms with Crippen LogP contribution >= 0.6 is 12.2 Å². The molecule has 182 valence electrons. The number of carbonyl (C=O) groups excluding carboxylic acids is 2. The first-order valence-electron chi connectivity index (χ1n) is 11.5. The lowest BCUT2D eigenvalue weighted by Crippen LogP contribution is -2.54. The number of hydrogen-bond acceptors (Lipinski definition) is 5. The third-order valence-corrected chi connectivity index (χ3v) is 6.10. The van der Waals surface area contributed by atoms with Crippen molar-refractivity contribution in [1.29, 1.82) is 0 Å². The summed E-state index contributed by atoms with van der Waals surface area (Å²) in [6.45, 7) is 0. The third-order valence-electron chi connectivity index (χ3n) is 5.82. The van der Waals surface area contributed by atoms with Gasteiger partial charge in [0.05, 0.1) is 12.8 Å². The molecule has 1 N–H and O–H groups in total. The Labute approximate surface area is 219 Å². The molecule has 5 rings (SSSR count). The van der Waals surface area contributed by atoms with Crippen molar-refractivity contribution in [3.8, 4) is 28.4 Å². The normalized spacial score (nSPS) is 14.5. The predicted octanol–water partition coefficient (Wildman–Crippen LogP) is 5.99. The Morgan fingerprint density at radius 1 is 0.784 bits per heavy atom. The molecule has 1 fully saturated rings. The standard InChI is InChI=1S/C30H22N2O4S/c1-35-27-10-6-5-9-25(27)21-13-11-20(12-14-21)19-26-28(33)31-30(37)32(29(26)34)22-15-17-24(18-16-22)36-23-7-3-2-4-8-23/h2-19H,1H3,(H,31,33,37). The summed E-state index contributed by atoms with van der Waals surface area (Å²) in [4.78, 5) is 27.3. The summed E-state index contributed by atoms with van der Waals surface area (Å²) in [7, 11) is 1.63. The molecule has 0 bridgehead atoms. The van der Waals surface area contributed by atoms with Gasteiger partial charge in [-0.3, -0.25) is 19.8 Å². The zero-order valence-corrected chi connectivity index (χ0v) is 20.7. The molecule has 37 heavy (non-hydrogen) atoms. The summed E-state index contributed by atoms with van der Waals surface area (Å²) in [5.41, 5.74) is 3.12. The van der Waals surface area contributed by atoms with E-state index in [0.29, 0.717) is 22.7 Å². The number of anilines is 1. The number of amides is 2. The summed E-state index contributed by atoms with van der Waals surface area (Å²) in [5, 5.41) is 2.64. The maximum absolute atomic E-state index is 13.4. The maximum Gasteiger partial charge on any atom is 0.270 e. The number of methoxy groups -OCH3 is 1. The first kappa shape index (κ1) is 24.0. The van der Waals surface area contributed by atoms with Crippen LogP contribution in [0.5, 0.6) is 17.2 Å². The second-order valence-corrected chi connectivity index (χ2v) is 8.58. The van der Waals surface area contributed by atoms with Crippen LogP contribution < -0.4 is 19.7 Å². The number of hydrogen-bond donors (Lipinski definition) is 1. The molecule has 1 heterocycles. The van der Waals surface area contributed by atoms with Crippen molar-refractivity contribution in [1.82, 2.24) is 5.32 Å². The Hall–Kier alpha value is -4.75. The average molecular weight is 507 g/mol. The predicted molar refractivity (Wildman–Crippen MR) is 148 cm³/mol. The fraction of sp³-hybridized carbons (Fsp3) is 0.0333. The van der Waals surface area contributed by atoms with Crippen molar-refractivity contribution in [2.24, 2.45) is 0 Å². The summed E-state index contributed by atoms with van der Waals surface area (Å²) < 4.78 is 11.3. The number of para-hydroxylation sites is 2. The largest absolute Gasteiger partial charge is 0.496 e. The average Bonchev–Trinajstić information content (AvgIpc) is 2.93. The van der Waals surface area contributed by atoms with E-state index in [4.69, 9.17) is 21.7 Å². The van der Waals surface area contributed by atoms with Gasteiger partial charge in [-0.1, -0.05) is 60.7 Å². The zero-order valence-electron chi connectivity index (χ0n) is 19.9. The summed E-state index contributed by atoms with van der Waals surface area (Å²) in [5.74, 6) is 1.04. The first-order valence-corrected chi connectivity index (χ1v) is 11.9. The van der Waals surface area contributed by atoms with Crippen molar-refractivity contribution in [2.75, 3.05) is 12.0 Å². The van der Waals surface area contributed by atoms with Crippen molar-refractivity contribution in [3.05, 3.63) is 114 Å². The highest BCUT2D eigenvalue weighted by molar-refractivity contribution is 7.80. The van der Waals surface area contributed by atoms with Crippen LogP contribution in [0.1, 0.15) is 5.56 Å². The number of rotatable bonds is 6. The highest BCUT2D eigenvalue weighted by Gasteiger charge is 2.34. The number of thiocarbonyl (C=S) groups is 1. The van der Waals surface area contributed by atoms with Gasteiger partial charge in [-0.2, -0.15) is 0 Å². The smallest absolute Gasteiger partial charge is 0.270 e. The molecule has 7 heteroatoms. The molecule has 0 unspecified atom stereocenters. The Bertz CT molecular complexity index is 1500. The second-order valence-electron chi connectivity index (χ2n) is 8.19. The van der Waals surface area contributed by atoms with Crippen molar-refractivity contribution >= 4 is 40.9 Å². The highest BCUT2D eigenvalue weighted by Crippen LogP contribution is 2.30. The Kier molecular flexibility index (Phi) is 6.78. The monoisotopic (exact) mass is 506 g/mol. The Balaban J connectivity index is 1.38. The van der Waals surface area contributed by atoms with Crippen LogP contribution in [0, 0.1) is 0 Å². The van der Waals surface area contributed by atoms with E-state index in [1.54, 1.807) is 37.5 Å². The molecule has 0 spiro atoms. The molecule has 2 amide bonds. The van der Waals surface area contributed by atoms with E-state index in [2.05, 4.69) is 5.32 Å². The molecular weight excluding hydrogens is 484 g/mol. The third kappa shape index (κ3) is 5.12. The van der Waals surface area contributed by atoms with Crippen LogP contribution in [0.2, 0.25) is 0 Å². The van der Waals surface area contributed by atoms with E-state index in [-0.39, 0.29) is 10.7 Å². The summed E-state index contributed by atoms with van der Waals surface area (Å²) >= 11 is 5.32.